The Morgan fingerprint density at radius 3 is 2.26 bits per heavy atom. The molecule has 1 atom stereocenters. The summed E-state index contributed by atoms with van der Waals surface area (Å²) in [5, 5.41) is 6.71. The van der Waals surface area contributed by atoms with Crippen molar-refractivity contribution in [1.29, 1.82) is 0 Å². The molecule has 1 aromatic carbocycles. The van der Waals surface area contributed by atoms with E-state index >= 15 is 0 Å². The second-order valence-electron chi connectivity index (χ2n) is 5.61. The van der Waals surface area contributed by atoms with Crippen molar-refractivity contribution in [3.63, 3.8) is 0 Å². The summed E-state index contributed by atoms with van der Waals surface area (Å²) in [6.07, 6.45) is 0.282. The number of nitrogens with zero attached hydrogens (tertiary/aromatic N) is 1. The third-order valence-corrected chi connectivity index (χ3v) is 3.45. The summed E-state index contributed by atoms with van der Waals surface area (Å²) in [5.74, 6) is -2.34. The maximum Gasteiger partial charge on any atom is 0.289 e. The molecule has 0 aliphatic heterocycles. The van der Waals surface area contributed by atoms with Gasteiger partial charge in [0, 0.05) is 14.1 Å². The number of amides is 4. The zero-order valence-corrected chi connectivity index (χ0v) is 15.3. The number of likely N-dealkylation sites (N-methyl/N-ethyl adjacent to an activating group) is 1. The molecule has 4 amide bonds. The molecule has 0 saturated carbocycles. The molecule has 0 heterocycles. The molecule has 0 aliphatic carbocycles. The molecule has 0 bridgehead atoms. The lowest BCUT2D eigenvalue weighted by atomic mass is 10.1. The fourth-order valence-corrected chi connectivity index (χ4v) is 2.03. The average Bonchev–Trinajstić information content (AvgIpc) is 2.67. The van der Waals surface area contributed by atoms with Gasteiger partial charge in [0.15, 0.2) is 0 Å². The van der Waals surface area contributed by atoms with E-state index < -0.39 is 36.7 Å². The van der Waals surface area contributed by atoms with E-state index in [1.165, 1.54) is 12.0 Å². The Hall–Kier alpha value is -3.43. The predicted molar refractivity (Wildman–Crippen MR) is 94.7 cm³/mol. The van der Waals surface area contributed by atoms with Gasteiger partial charge in [-0.25, -0.2) is 0 Å². The number of ether oxygens (including phenoxy) is 1. The third kappa shape index (κ3) is 6.77. The van der Waals surface area contributed by atoms with Crippen LogP contribution >= 0.6 is 0 Å². The minimum atomic E-state index is -1.01. The fraction of sp³-hybridized carbons (Fsp3) is 0.353. The molecule has 0 aromatic heterocycles. The lowest BCUT2D eigenvalue weighted by Gasteiger charge is -2.22. The van der Waals surface area contributed by atoms with E-state index in [1.807, 2.05) is 0 Å². The van der Waals surface area contributed by atoms with Gasteiger partial charge in [-0.1, -0.05) is 12.1 Å². The number of methoxy groups -OCH3 is 1. The summed E-state index contributed by atoms with van der Waals surface area (Å²) < 4.78 is 5.06. The Morgan fingerprint density at radius 2 is 1.74 bits per heavy atom. The van der Waals surface area contributed by atoms with Crippen LogP contribution in [0.4, 0.5) is 0 Å². The normalized spacial score (nSPS) is 10.9. The van der Waals surface area contributed by atoms with Crippen LogP contribution in [0.3, 0.4) is 0 Å². The van der Waals surface area contributed by atoms with E-state index in [4.69, 9.17) is 4.74 Å². The Morgan fingerprint density at radius 1 is 1.11 bits per heavy atom. The van der Waals surface area contributed by atoms with E-state index in [2.05, 4.69) is 16.0 Å². The topological polar surface area (TPSA) is 134 Å². The van der Waals surface area contributed by atoms with Crippen LogP contribution in [0.15, 0.2) is 24.3 Å². The highest BCUT2D eigenvalue weighted by atomic mass is 16.5. The maximum atomic E-state index is 12.4. The second kappa shape index (κ2) is 10.5. The van der Waals surface area contributed by atoms with Gasteiger partial charge in [-0.2, -0.15) is 0 Å². The summed E-state index contributed by atoms with van der Waals surface area (Å²) in [5.41, 5.74) is 0.528. The number of hydrogen-bond acceptors (Lipinski definition) is 6. The van der Waals surface area contributed by atoms with Gasteiger partial charge >= 0.3 is 0 Å². The molecule has 1 aromatic rings. The van der Waals surface area contributed by atoms with Crippen LogP contribution in [0.5, 0.6) is 5.75 Å². The Kier molecular flexibility index (Phi) is 8.43. The number of nitrogens with one attached hydrogen (secondary N) is 3. The molecule has 0 unspecified atom stereocenters. The molecule has 0 aliphatic rings. The minimum absolute atomic E-state index is 0.282. The fourth-order valence-electron chi connectivity index (χ4n) is 2.03. The van der Waals surface area contributed by atoms with Crippen LogP contribution in [0.25, 0.3) is 0 Å². The highest BCUT2D eigenvalue weighted by Gasteiger charge is 2.25. The van der Waals surface area contributed by atoms with Crippen LogP contribution in [0.1, 0.15) is 11.6 Å². The first-order valence-electron chi connectivity index (χ1n) is 7.92. The molecule has 10 nitrogen and oxygen atoms in total. The molecule has 0 spiro atoms. The second-order valence-corrected chi connectivity index (χ2v) is 5.61. The van der Waals surface area contributed by atoms with Crippen molar-refractivity contribution in [1.82, 2.24) is 20.9 Å². The first-order chi connectivity index (χ1) is 12.8. The molecule has 0 saturated heterocycles. The van der Waals surface area contributed by atoms with E-state index in [0.717, 1.165) is 0 Å². The van der Waals surface area contributed by atoms with Crippen LogP contribution in [0.2, 0.25) is 0 Å². The van der Waals surface area contributed by atoms with Crippen molar-refractivity contribution in [3.8, 4) is 5.75 Å². The first kappa shape index (κ1) is 21.6. The van der Waals surface area contributed by atoms with Crippen LogP contribution in [-0.2, 0) is 24.0 Å². The van der Waals surface area contributed by atoms with Crippen molar-refractivity contribution in [2.24, 2.45) is 0 Å². The van der Waals surface area contributed by atoms with Crippen LogP contribution < -0.4 is 20.7 Å². The van der Waals surface area contributed by atoms with Crippen molar-refractivity contribution >= 4 is 29.9 Å². The number of ketones is 1. The number of hydrogen-bond donors (Lipinski definition) is 3. The number of benzene rings is 1. The van der Waals surface area contributed by atoms with Crippen molar-refractivity contribution in [2.45, 2.75) is 6.04 Å². The van der Waals surface area contributed by atoms with Crippen LogP contribution in [-0.4, -0.2) is 69.1 Å². The van der Waals surface area contributed by atoms with Gasteiger partial charge in [0.2, 0.25) is 24.0 Å². The van der Waals surface area contributed by atoms with Crippen molar-refractivity contribution in [3.05, 3.63) is 29.8 Å². The largest absolute Gasteiger partial charge is 0.497 e. The van der Waals surface area contributed by atoms with Gasteiger partial charge in [-0.15, -0.1) is 0 Å². The van der Waals surface area contributed by atoms with E-state index in [-0.39, 0.29) is 12.3 Å². The lowest BCUT2D eigenvalue weighted by Crippen LogP contribution is -2.46. The molecule has 0 fully saturated rings. The van der Waals surface area contributed by atoms with Crippen molar-refractivity contribution < 1.29 is 28.7 Å². The summed E-state index contributed by atoms with van der Waals surface area (Å²) in [4.78, 5) is 58.9. The van der Waals surface area contributed by atoms with Gasteiger partial charge in [0.05, 0.1) is 20.2 Å². The summed E-state index contributed by atoms with van der Waals surface area (Å²) >= 11 is 0. The SMILES string of the molecule is COc1ccc([C@H](NC(=O)CNC(=O)C(=O)CNC=O)C(=O)N(C)C)cc1. The molecule has 10 heteroatoms. The zero-order chi connectivity index (χ0) is 20.4. The molecule has 0 radical (unpaired) electrons. The Balaban J connectivity index is 2.76. The summed E-state index contributed by atoms with van der Waals surface area (Å²) in [6, 6.07) is 5.61. The number of carbonyl (C=O) groups is 5. The minimum Gasteiger partial charge on any atom is -0.497 e. The van der Waals surface area contributed by atoms with E-state index in [1.54, 1.807) is 38.4 Å². The Bertz CT molecular complexity index is 702. The number of Topliss-reactive ketones (excluding diaryl/α,β-unsaturated/α-hetero) is 1. The maximum absolute atomic E-state index is 12.4. The molecule has 1 rings (SSSR count). The molecular formula is C17H22N4O6. The van der Waals surface area contributed by atoms with Gasteiger partial charge in [0.1, 0.15) is 11.8 Å². The van der Waals surface area contributed by atoms with Crippen molar-refractivity contribution in [2.75, 3.05) is 34.3 Å². The van der Waals surface area contributed by atoms with E-state index in [0.29, 0.717) is 11.3 Å². The molecule has 146 valence electrons. The number of rotatable bonds is 10. The van der Waals surface area contributed by atoms with E-state index in [9.17, 15) is 24.0 Å². The number of carbonyl (C=O) groups excluding carboxylic acids is 5. The smallest absolute Gasteiger partial charge is 0.289 e. The monoisotopic (exact) mass is 378 g/mol. The first-order valence-corrected chi connectivity index (χ1v) is 7.92. The standard InChI is InChI=1S/C17H22N4O6/c1-21(2)17(26)15(11-4-6-12(27-3)7-5-11)20-14(24)9-19-16(25)13(23)8-18-10-22/h4-7,10,15H,8-9H2,1-3H3,(H,18,22)(H,19,25)(H,20,24)/t15-/m0/s1. The van der Waals surface area contributed by atoms with Crippen LogP contribution in [0, 0.1) is 0 Å². The van der Waals surface area contributed by atoms with Gasteiger partial charge in [-0.3, -0.25) is 24.0 Å². The molecule has 27 heavy (non-hydrogen) atoms. The Labute approximate surface area is 156 Å². The molecular weight excluding hydrogens is 356 g/mol. The highest BCUT2D eigenvalue weighted by Crippen LogP contribution is 2.19. The lowest BCUT2D eigenvalue weighted by molar-refractivity contribution is -0.138. The predicted octanol–water partition coefficient (Wildman–Crippen LogP) is -1.63. The van der Waals surface area contributed by atoms with Gasteiger partial charge in [-0.05, 0) is 17.7 Å². The zero-order valence-electron chi connectivity index (χ0n) is 15.3. The summed E-state index contributed by atoms with van der Waals surface area (Å²) in [7, 11) is 4.60. The van der Waals surface area contributed by atoms with Gasteiger partial charge in [0.25, 0.3) is 5.91 Å². The highest BCUT2D eigenvalue weighted by molar-refractivity contribution is 6.37. The average molecular weight is 378 g/mol. The molecule has 3 N–H and O–H groups in total. The quantitative estimate of drug-likeness (QED) is 0.331. The summed E-state index contributed by atoms with van der Waals surface area (Å²) in [6.45, 7) is -0.969. The van der Waals surface area contributed by atoms with Gasteiger partial charge < -0.3 is 25.6 Å². The third-order valence-electron chi connectivity index (χ3n) is 3.45.